The number of nitrogens with zero attached hydrogens (tertiary/aromatic N) is 1. The molecule has 1 aromatic heterocycles. The van der Waals surface area contributed by atoms with Gasteiger partial charge in [0.25, 0.3) is 0 Å². The molecule has 0 unspecified atom stereocenters. The topological polar surface area (TPSA) is 24.9 Å². The van der Waals surface area contributed by atoms with Gasteiger partial charge in [-0.05, 0) is 54.6 Å². The molecule has 0 aliphatic heterocycles. The average Bonchev–Trinajstić information content (AvgIpc) is 2.82. The maximum atomic E-state index is 4.04. The van der Waals surface area contributed by atoms with Crippen molar-refractivity contribution >= 4 is 0 Å². The Bertz CT molecular complexity index is 483. The number of aromatic nitrogens is 1. The van der Waals surface area contributed by atoms with E-state index in [0.717, 1.165) is 13.0 Å². The van der Waals surface area contributed by atoms with Gasteiger partial charge in [-0.25, -0.2) is 0 Å². The normalized spacial score (nSPS) is 14.7. The van der Waals surface area contributed by atoms with Gasteiger partial charge in [-0.3, -0.25) is 4.98 Å². The van der Waals surface area contributed by atoms with Crippen molar-refractivity contribution < 1.29 is 0 Å². The van der Waals surface area contributed by atoms with Crippen LogP contribution in [0.5, 0.6) is 0 Å². The van der Waals surface area contributed by atoms with Gasteiger partial charge in [-0.15, -0.1) is 0 Å². The van der Waals surface area contributed by atoms with Gasteiger partial charge >= 0.3 is 0 Å². The van der Waals surface area contributed by atoms with Crippen molar-refractivity contribution in [2.75, 3.05) is 6.54 Å². The van der Waals surface area contributed by atoms with Gasteiger partial charge < -0.3 is 5.32 Å². The standard InChI is InChI=1S/C16H18N2/c1-2-4-15-12-16(11-14(15)3-1)18-10-7-13-5-8-17-9-6-13/h1-6,8-9,16,18H,7,10-12H2. The molecule has 2 heteroatoms. The third-order valence-corrected chi connectivity index (χ3v) is 3.65. The predicted octanol–water partition coefficient (Wildman–Crippen LogP) is 2.38. The van der Waals surface area contributed by atoms with Crippen LogP contribution in [0.25, 0.3) is 0 Å². The summed E-state index contributed by atoms with van der Waals surface area (Å²) in [5.41, 5.74) is 4.38. The Kier molecular flexibility index (Phi) is 3.37. The molecule has 1 aromatic carbocycles. The van der Waals surface area contributed by atoms with E-state index in [9.17, 15) is 0 Å². The quantitative estimate of drug-likeness (QED) is 0.884. The molecule has 0 amide bonds. The number of nitrogens with one attached hydrogen (secondary N) is 1. The first kappa shape index (κ1) is 11.4. The zero-order chi connectivity index (χ0) is 12.2. The molecule has 0 bridgehead atoms. The molecule has 92 valence electrons. The Morgan fingerprint density at radius 2 is 1.67 bits per heavy atom. The number of benzene rings is 1. The molecule has 0 saturated carbocycles. The lowest BCUT2D eigenvalue weighted by molar-refractivity contribution is 0.536. The van der Waals surface area contributed by atoms with Crippen LogP contribution in [-0.2, 0) is 19.3 Å². The van der Waals surface area contributed by atoms with Gasteiger partial charge in [-0.2, -0.15) is 0 Å². The Labute approximate surface area is 108 Å². The first-order chi connectivity index (χ1) is 8.92. The Morgan fingerprint density at radius 1 is 1.00 bits per heavy atom. The maximum Gasteiger partial charge on any atom is 0.0270 e. The molecule has 2 aromatic rings. The van der Waals surface area contributed by atoms with Crippen molar-refractivity contribution in [2.24, 2.45) is 0 Å². The number of pyridine rings is 1. The maximum absolute atomic E-state index is 4.04. The van der Waals surface area contributed by atoms with Crippen molar-refractivity contribution in [3.8, 4) is 0 Å². The lowest BCUT2D eigenvalue weighted by Crippen LogP contribution is -2.31. The van der Waals surface area contributed by atoms with Crippen molar-refractivity contribution in [1.29, 1.82) is 0 Å². The van der Waals surface area contributed by atoms with E-state index in [1.54, 1.807) is 0 Å². The highest BCUT2D eigenvalue weighted by Gasteiger charge is 2.19. The second-order valence-electron chi connectivity index (χ2n) is 4.93. The molecule has 3 rings (SSSR count). The zero-order valence-corrected chi connectivity index (χ0v) is 10.5. The second-order valence-corrected chi connectivity index (χ2v) is 4.93. The summed E-state index contributed by atoms with van der Waals surface area (Å²) in [6, 6.07) is 13.6. The molecule has 1 heterocycles. The minimum absolute atomic E-state index is 0.615. The predicted molar refractivity (Wildman–Crippen MR) is 73.6 cm³/mol. The second kappa shape index (κ2) is 5.32. The molecule has 1 N–H and O–H groups in total. The van der Waals surface area contributed by atoms with Gasteiger partial charge in [0.05, 0.1) is 0 Å². The summed E-state index contributed by atoms with van der Waals surface area (Å²) in [7, 11) is 0. The fourth-order valence-corrected chi connectivity index (χ4v) is 2.67. The third kappa shape index (κ3) is 2.59. The first-order valence-electron chi connectivity index (χ1n) is 6.61. The average molecular weight is 238 g/mol. The summed E-state index contributed by atoms with van der Waals surface area (Å²) < 4.78 is 0. The third-order valence-electron chi connectivity index (χ3n) is 3.65. The van der Waals surface area contributed by atoms with E-state index in [0.29, 0.717) is 6.04 Å². The molecule has 1 aliphatic carbocycles. The molecule has 0 saturated heterocycles. The lowest BCUT2D eigenvalue weighted by Gasteiger charge is -2.11. The van der Waals surface area contributed by atoms with Gasteiger partial charge in [0, 0.05) is 18.4 Å². The van der Waals surface area contributed by atoms with Crippen molar-refractivity contribution in [3.63, 3.8) is 0 Å². The summed E-state index contributed by atoms with van der Waals surface area (Å²) >= 11 is 0. The molecule has 18 heavy (non-hydrogen) atoms. The lowest BCUT2D eigenvalue weighted by atomic mass is 10.1. The van der Waals surface area contributed by atoms with Crippen molar-refractivity contribution in [1.82, 2.24) is 10.3 Å². The highest BCUT2D eigenvalue weighted by atomic mass is 14.9. The highest BCUT2D eigenvalue weighted by Crippen LogP contribution is 2.21. The summed E-state index contributed by atoms with van der Waals surface area (Å²) in [5, 5.41) is 3.66. The Hall–Kier alpha value is -1.67. The minimum atomic E-state index is 0.615. The van der Waals surface area contributed by atoms with Crippen LogP contribution in [0.2, 0.25) is 0 Å². The van der Waals surface area contributed by atoms with E-state index in [-0.39, 0.29) is 0 Å². The van der Waals surface area contributed by atoms with E-state index < -0.39 is 0 Å². The van der Waals surface area contributed by atoms with E-state index >= 15 is 0 Å². The molecule has 0 atom stereocenters. The van der Waals surface area contributed by atoms with Crippen LogP contribution >= 0.6 is 0 Å². The van der Waals surface area contributed by atoms with Gasteiger partial charge in [-0.1, -0.05) is 24.3 Å². The highest BCUT2D eigenvalue weighted by molar-refractivity contribution is 5.33. The number of hydrogen-bond donors (Lipinski definition) is 1. The van der Waals surface area contributed by atoms with Crippen LogP contribution in [0.1, 0.15) is 16.7 Å². The monoisotopic (exact) mass is 238 g/mol. The Balaban J connectivity index is 1.49. The molecule has 0 radical (unpaired) electrons. The summed E-state index contributed by atoms with van der Waals surface area (Å²) in [6.07, 6.45) is 7.15. The van der Waals surface area contributed by atoms with Crippen LogP contribution in [0, 0.1) is 0 Å². The van der Waals surface area contributed by atoms with E-state index in [1.807, 2.05) is 12.4 Å². The van der Waals surface area contributed by atoms with Crippen molar-refractivity contribution in [2.45, 2.75) is 25.3 Å². The minimum Gasteiger partial charge on any atom is -0.313 e. The van der Waals surface area contributed by atoms with E-state index in [4.69, 9.17) is 0 Å². The molecule has 2 nitrogen and oxygen atoms in total. The fourth-order valence-electron chi connectivity index (χ4n) is 2.67. The molecule has 1 aliphatic rings. The van der Waals surface area contributed by atoms with Gasteiger partial charge in [0.1, 0.15) is 0 Å². The zero-order valence-electron chi connectivity index (χ0n) is 10.5. The van der Waals surface area contributed by atoms with Crippen LogP contribution in [-0.4, -0.2) is 17.6 Å². The van der Waals surface area contributed by atoms with Gasteiger partial charge in [0.15, 0.2) is 0 Å². The smallest absolute Gasteiger partial charge is 0.0270 e. The van der Waals surface area contributed by atoms with E-state index in [2.05, 4.69) is 46.7 Å². The first-order valence-corrected chi connectivity index (χ1v) is 6.61. The number of fused-ring (bicyclic) bond motifs is 1. The number of hydrogen-bond acceptors (Lipinski definition) is 2. The van der Waals surface area contributed by atoms with E-state index in [1.165, 1.54) is 29.5 Å². The van der Waals surface area contributed by atoms with Crippen LogP contribution in [0.3, 0.4) is 0 Å². The fraction of sp³-hybridized carbons (Fsp3) is 0.312. The summed E-state index contributed by atoms with van der Waals surface area (Å²) in [6.45, 7) is 1.04. The molecule has 0 fully saturated rings. The molecule has 0 spiro atoms. The summed E-state index contributed by atoms with van der Waals surface area (Å²) in [5.74, 6) is 0. The molecular formula is C16H18N2. The number of rotatable bonds is 4. The van der Waals surface area contributed by atoms with Crippen LogP contribution < -0.4 is 5.32 Å². The SMILES string of the molecule is c1ccc2c(c1)CC(NCCc1ccncc1)C2. The van der Waals surface area contributed by atoms with Crippen LogP contribution in [0.15, 0.2) is 48.8 Å². The summed E-state index contributed by atoms with van der Waals surface area (Å²) in [4.78, 5) is 4.04. The van der Waals surface area contributed by atoms with Gasteiger partial charge in [0.2, 0.25) is 0 Å². The van der Waals surface area contributed by atoms with Crippen molar-refractivity contribution in [3.05, 3.63) is 65.5 Å². The van der Waals surface area contributed by atoms with Crippen LogP contribution in [0.4, 0.5) is 0 Å². The molecular weight excluding hydrogens is 220 g/mol. The Morgan fingerprint density at radius 3 is 2.33 bits per heavy atom. The largest absolute Gasteiger partial charge is 0.313 e.